The fraction of sp³-hybridized carbons (Fsp3) is 0.370. The molecular formula is C54H63N5O11S2. The van der Waals surface area contributed by atoms with E-state index in [4.69, 9.17) is 15.5 Å². The zero-order valence-electron chi connectivity index (χ0n) is 40.3. The number of aliphatic carboxylic acids is 1. The molecule has 9 rings (SSSR count). The first-order valence-corrected chi connectivity index (χ1v) is 27.7. The lowest BCUT2D eigenvalue weighted by atomic mass is 10.1. The highest BCUT2D eigenvalue weighted by Crippen LogP contribution is 2.44. The summed E-state index contributed by atoms with van der Waals surface area (Å²) in [5, 5.41) is 31.1. The highest BCUT2D eigenvalue weighted by molar-refractivity contribution is 7.93. The number of rotatable bonds is 23. The number of nitrogens with one attached hydrogen (secondary N) is 2. The first-order valence-electron chi connectivity index (χ1n) is 24.8. The van der Waals surface area contributed by atoms with Crippen LogP contribution < -0.4 is 24.5 Å². The molecule has 0 saturated carbocycles. The molecule has 6 aromatic rings. The van der Waals surface area contributed by atoms with Crippen LogP contribution in [-0.2, 0) is 34.4 Å². The summed E-state index contributed by atoms with van der Waals surface area (Å²) in [7, 11) is -6.93. The van der Waals surface area contributed by atoms with Gasteiger partial charge in [-0.25, -0.2) is 27.8 Å². The summed E-state index contributed by atoms with van der Waals surface area (Å²) in [4.78, 5) is 47.5. The molecule has 382 valence electrons. The van der Waals surface area contributed by atoms with Crippen molar-refractivity contribution in [2.75, 3.05) is 33.1 Å². The van der Waals surface area contributed by atoms with E-state index in [0.717, 1.165) is 145 Å². The van der Waals surface area contributed by atoms with Crippen LogP contribution in [0.4, 0.5) is 17.1 Å². The topological polar surface area (TPSA) is 231 Å². The Labute approximate surface area is 420 Å². The van der Waals surface area contributed by atoms with Crippen molar-refractivity contribution in [3.63, 3.8) is 0 Å². The third-order valence-electron chi connectivity index (χ3n) is 13.3. The second-order valence-corrected chi connectivity index (χ2v) is 21.9. The van der Waals surface area contributed by atoms with E-state index in [9.17, 15) is 36.0 Å². The Kier molecular flexibility index (Phi) is 18.2. The van der Waals surface area contributed by atoms with Gasteiger partial charge in [0.25, 0.3) is 26.0 Å². The average molecular weight is 1020 g/mol. The summed E-state index contributed by atoms with van der Waals surface area (Å²) in [5.74, 6) is -1.38. The molecule has 0 atom stereocenters. The number of benzene rings is 6. The van der Waals surface area contributed by atoms with Crippen LogP contribution in [0.2, 0.25) is 0 Å². The van der Waals surface area contributed by atoms with Gasteiger partial charge in [-0.05, 0) is 91.1 Å². The van der Waals surface area contributed by atoms with Gasteiger partial charge in [0.15, 0.2) is 0 Å². The Balaban J connectivity index is 0.000000159. The molecule has 0 aliphatic carbocycles. The average Bonchev–Trinajstić information content (AvgIpc) is 3.88. The Bertz CT molecular complexity index is 3130. The molecular weight excluding hydrogens is 959 g/mol. The lowest BCUT2D eigenvalue weighted by Crippen LogP contribution is -2.28. The number of nitrogens with zero attached hydrogens (tertiary/aromatic N) is 3. The first kappa shape index (κ1) is 53.2. The Morgan fingerprint density at radius 2 is 0.792 bits per heavy atom. The highest BCUT2D eigenvalue weighted by Gasteiger charge is 2.36. The van der Waals surface area contributed by atoms with Crippen LogP contribution in [0.3, 0.4) is 0 Å². The maximum Gasteiger partial charge on any atom is 0.303 e. The number of sulfonamides is 2. The largest absolute Gasteiger partial charge is 0.481 e. The summed E-state index contributed by atoms with van der Waals surface area (Å²) >= 11 is 0. The van der Waals surface area contributed by atoms with Gasteiger partial charge in [-0.1, -0.05) is 124 Å². The van der Waals surface area contributed by atoms with Gasteiger partial charge in [0.2, 0.25) is 11.8 Å². The van der Waals surface area contributed by atoms with Crippen molar-refractivity contribution in [3.05, 3.63) is 115 Å². The van der Waals surface area contributed by atoms with Crippen molar-refractivity contribution in [3.8, 4) is 0 Å². The van der Waals surface area contributed by atoms with E-state index in [0.29, 0.717) is 35.7 Å². The molecule has 3 heterocycles. The third kappa shape index (κ3) is 12.2. The zero-order valence-corrected chi connectivity index (χ0v) is 41.9. The lowest BCUT2D eigenvalue weighted by Gasteiger charge is -2.18. The number of hydroxylamine groups is 2. The van der Waals surface area contributed by atoms with Crippen LogP contribution in [0, 0.1) is 0 Å². The SMILES string of the molecule is O=C(CCCCCCCN1c2cccc3cccc(c23)S1(=O)=O)NO.O=C(CCCCCCN1c2cccc3cccc(c23)S1(=O)=O)NO.O=C(O)CCCCCCCN1C(=O)c2cccc3cccc1c23. The Hall–Kier alpha value is -6.60. The first-order chi connectivity index (χ1) is 34.8. The maximum atomic E-state index is 12.8. The number of carbonyl (C=O) groups excluding carboxylic acids is 3. The second kappa shape index (κ2) is 24.7. The van der Waals surface area contributed by atoms with E-state index < -0.39 is 26.0 Å². The zero-order chi connectivity index (χ0) is 51.3. The Morgan fingerprint density at radius 3 is 1.24 bits per heavy atom. The molecule has 5 N–H and O–H groups in total. The van der Waals surface area contributed by atoms with E-state index in [-0.39, 0.29) is 30.6 Å². The number of unbranched alkanes of at least 4 members (excludes halogenated alkanes) is 11. The van der Waals surface area contributed by atoms with Crippen molar-refractivity contribution >= 4 is 93.1 Å². The highest BCUT2D eigenvalue weighted by atomic mass is 32.2. The summed E-state index contributed by atoms with van der Waals surface area (Å²) in [6.07, 6.45) is 12.8. The molecule has 72 heavy (non-hydrogen) atoms. The van der Waals surface area contributed by atoms with E-state index >= 15 is 0 Å². The van der Waals surface area contributed by atoms with E-state index in [1.165, 1.54) is 8.61 Å². The fourth-order valence-electron chi connectivity index (χ4n) is 9.75. The fourth-order valence-corrected chi connectivity index (χ4v) is 13.3. The molecule has 18 heteroatoms. The number of hydrogen-bond acceptors (Lipinski definition) is 10. The smallest absolute Gasteiger partial charge is 0.303 e. The minimum atomic E-state index is -3.47. The lowest BCUT2D eigenvalue weighted by molar-refractivity contribution is -0.137. The van der Waals surface area contributed by atoms with E-state index in [2.05, 4.69) is 0 Å². The predicted octanol–water partition coefficient (Wildman–Crippen LogP) is 10.2. The molecule has 0 aromatic heterocycles. The van der Waals surface area contributed by atoms with Crippen molar-refractivity contribution in [1.82, 2.24) is 11.0 Å². The monoisotopic (exact) mass is 1020 g/mol. The van der Waals surface area contributed by atoms with Crippen LogP contribution in [0.15, 0.2) is 119 Å². The molecule has 0 fully saturated rings. The molecule has 0 bridgehead atoms. The van der Waals surface area contributed by atoms with Crippen LogP contribution in [-0.4, -0.2) is 75.7 Å². The summed E-state index contributed by atoms with van der Waals surface area (Å²) in [6, 6.07) is 34.0. The van der Waals surface area contributed by atoms with Crippen LogP contribution in [0.1, 0.15) is 120 Å². The number of carboxylic acid groups (broad SMARTS) is 1. The number of hydrogen-bond donors (Lipinski definition) is 5. The van der Waals surface area contributed by atoms with Gasteiger partial charge in [-0.2, -0.15) is 0 Å². The molecule has 0 radical (unpaired) electrons. The quantitative estimate of drug-likeness (QED) is 0.0230. The minimum absolute atomic E-state index is 0.0997. The third-order valence-corrected chi connectivity index (χ3v) is 17.0. The second-order valence-electron chi connectivity index (χ2n) is 18.2. The number of carboxylic acids is 1. The van der Waals surface area contributed by atoms with E-state index in [1.54, 1.807) is 35.2 Å². The van der Waals surface area contributed by atoms with Crippen molar-refractivity contribution < 1.29 is 51.5 Å². The van der Waals surface area contributed by atoms with Crippen molar-refractivity contribution in [1.29, 1.82) is 0 Å². The standard InChI is InChI=1S/C19H21NO3.C18H22N2O4S.C17H20N2O4S/c21-17(22)12-4-2-1-3-5-13-20-16-11-7-9-14-8-6-10-15(18(14)16)19(20)23;21-17(19-22)12-4-2-1-3-5-13-20-15-10-6-8-14-9-7-11-16(18(14)15)25(20,23)24;20-16(18-21)11-3-1-2-4-12-19-14-9-5-7-13-8-6-10-15(17(13)14)24(19,22)23/h6-11H,1-5,12-13H2,(H,21,22);6-11,22H,1-5,12-13H2,(H,19,21);5-10,21H,1-4,11-12H2,(H,18,20). The minimum Gasteiger partial charge on any atom is -0.481 e. The molecule has 0 unspecified atom stereocenters. The number of carbonyl (C=O) groups is 4. The number of amides is 3. The van der Waals surface area contributed by atoms with Gasteiger partial charge in [0, 0.05) is 60.6 Å². The summed E-state index contributed by atoms with van der Waals surface area (Å²) < 4.78 is 54.1. The molecule has 3 amide bonds. The van der Waals surface area contributed by atoms with Gasteiger partial charge < -0.3 is 10.0 Å². The normalized spacial score (nSPS) is 14.3. The maximum absolute atomic E-state index is 12.8. The molecule has 3 aliphatic heterocycles. The van der Waals surface area contributed by atoms with Crippen LogP contribution in [0.5, 0.6) is 0 Å². The van der Waals surface area contributed by atoms with Gasteiger partial charge >= 0.3 is 5.97 Å². The Morgan fingerprint density at radius 1 is 0.431 bits per heavy atom. The summed E-state index contributed by atoms with van der Waals surface area (Å²) in [5.41, 5.74) is 6.58. The van der Waals surface area contributed by atoms with Gasteiger partial charge in [0.1, 0.15) is 0 Å². The molecule has 16 nitrogen and oxygen atoms in total. The van der Waals surface area contributed by atoms with Crippen LogP contribution in [0.25, 0.3) is 32.3 Å². The van der Waals surface area contributed by atoms with Gasteiger partial charge in [-0.3, -0.25) is 38.2 Å². The van der Waals surface area contributed by atoms with E-state index in [1.807, 2.05) is 89.8 Å². The number of anilines is 3. The molecule has 3 aliphatic rings. The van der Waals surface area contributed by atoms with Crippen LogP contribution >= 0.6 is 0 Å². The van der Waals surface area contributed by atoms with Gasteiger partial charge in [0.05, 0.1) is 26.9 Å². The molecule has 0 spiro atoms. The van der Waals surface area contributed by atoms with Gasteiger partial charge in [-0.15, -0.1) is 0 Å². The van der Waals surface area contributed by atoms with Crippen molar-refractivity contribution in [2.45, 2.75) is 119 Å². The van der Waals surface area contributed by atoms with Crippen molar-refractivity contribution in [2.24, 2.45) is 0 Å². The summed E-state index contributed by atoms with van der Waals surface area (Å²) in [6.45, 7) is 1.63. The molecule has 0 saturated heterocycles. The predicted molar refractivity (Wildman–Crippen MR) is 279 cm³/mol. The molecule has 6 aromatic carbocycles.